The van der Waals surface area contributed by atoms with E-state index in [0.717, 1.165) is 30.7 Å². The smallest absolute Gasteiger partial charge is 0.338 e. The highest BCUT2D eigenvalue weighted by Crippen LogP contribution is 2.30. The Bertz CT molecular complexity index is 793. The molecule has 1 saturated carbocycles. The predicted molar refractivity (Wildman–Crippen MR) is 131 cm³/mol. The first kappa shape index (κ1) is 24.4. The van der Waals surface area contributed by atoms with Gasteiger partial charge in [0.05, 0.1) is 5.56 Å². The van der Waals surface area contributed by atoms with Crippen LogP contribution in [-0.4, -0.2) is 22.0 Å². The van der Waals surface area contributed by atoms with Crippen LogP contribution in [0.15, 0.2) is 36.7 Å². The molecule has 1 fully saturated rings. The SMILES string of the molecule is CCCCCCCc1cnc(-c2ccc(C(=O)OC3CCC(CCCC)CC3)cc2)nc1. The molecule has 0 N–H and O–H groups in total. The quantitative estimate of drug-likeness (QED) is 0.254. The number of unbranched alkanes of at least 4 members (excludes halogenated alkanes) is 5. The van der Waals surface area contributed by atoms with E-state index in [-0.39, 0.29) is 12.1 Å². The number of aromatic nitrogens is 2. The lowest BCUT2D eigenvalue weighted by molar-refractivity contribution is 0.0161. The van der Waals surface area contributed by atoms with Gasteiger partial charge < -0.3 is 4.74 Å². The van der Waals surface area contributed by atoms with Crippen LogP contribution in [0.1, 0.15) is 107 Å². The van der Waals surface area contributed by atoms with Gasteiger partial charge in [0.1, 0.15) is 6.10 Å². The van der Waals surface area contributed by atoms with E-state index in [2.05, 4.69) is 23.8 Å². The second-order valence-electron chi connectivity index (χ2n) is 9.35. The van der Waals surface area contributed by atoms with Gasteiger partial charge in [-0.05, 0) is 62.1 Å². The zero-order chi connectivity index (χ0) is 22.6. The third kappa shape index (κ3) is 7.72. The average Bonchev–Trinajstić information content (AvgIpc) is 2.84. The molecule has 174 valence electrons. The van der Waals surface area contributed by atoms with Crippen LogP contribution >= 0.6 is 0 Å². The average molecular weight is 437 g/mol. The maximum Gasteiger partial charge on any atom is 0.338 e. The summed E-state index contributed by atoms with van der Waals surface area (Å²) in [6.07, 6.45) is 19.6. The molecule has 0 saturated heterocycles. The van der Waals surface area contributed by atoms with E-state index in [1.165, 1.54) is 69.8 Å². The van der Waals surface area contributed by atoms with Crippen molar-refractivity contribution < 1.29 is 9.53 Å². The number of carbonyl (C=O) groups is 1. The summed E-state index contributed by atoms with van der Waals surface area (Å²) in [5.74, 6) is 1.30. The first-order valence-electron chi connectivity index (χ1n) is 12.8. The lowest BCUT2D eigenvalue weighted by Gasteiger charge is -2.28. The molecule has 3 rings (SSSR count). The van der Waals surface area contributed by atoms with E-state index in [1.54, 1.807) is 0 Å². The number of hydrogen-bond acceptors (Lipinski definition) is 4. The van der Waals surface area contributed by atoms with Crippen molar-refractivity contribution in [1.29, 1.82) is 0 Å². The number of nitrogens with zero attached hydrogens (tertiary/aromatic N) is 2. The van der Waals surface area contributed by atoms with Crippen molar-refractivity contribution in [1.82, 2.24) is 9.97 Å². The van der Waals surface area contributed by atoms with Crippen LogP contribution in [0.5, 0.6) is 0 Å². The van der Waals surface area contributed by atoms with E-state index < -0.39 is 0 Å². The zero-order valence-corrected chi connectivity index (χ0v) is 20.0. The molecule has 4 nitrogen and oxygen atoms in total. The fourth-order valence-corrected chi connectivity index (χ4v) is 4.57. The van der Waals surface area contributed by atoms with Crippen molar-refractivity contribution in [2.45, 2.75) is 103 Å². The molecule has 2 aromatic rings. The number of benzene rings is 1. The molecule has 0 amide bonds. The minimum Gasteiger partial charge on any atom is -0.459 e. The second kappa shape index (κ2) is 13.3. The number of esters is 1. The third-order valence-electron chi connectivity index (χ3n) is 6.69. The van der Waals surface area contributed by atoms with Crippen LogP contribution in [0.4, 0.5) is 0 Å². The summed E-state index contributed by atoms with van der Waals surface area (Å²) >= 11 is 0. The first-order valence-corrected chi connectivity index (χ1v) is 12.8. The molecule has 1 heterocycles. The van der Waals surface area contributed by atoms with Gasteiger partial charge in [0.15, 0.2) is 5.82 Å². The Morgan fingerprint density at radius 1 is 0.875 bits per heavy atom. The van der Waals surface area contributed by atoms with Crippen LogP contribution in [0.25, 0.3) is 11.4 Å². The number of aryl methyl sites for hydroxylation is 1. The molecule has 0 radical (unpaired) electrons. The van der Waals surface area contributed by atoms with E-state index >= 15 is 0 Å². The van der Waals surface area contributed by atoms with Crippen LogP contribution in [0.3, 0.4) is 0 Å². The van der Waals surface area contributed by atoms with Crippen LogP contribution in [0.2, 0.25) is 0 Å². The molecule has 1 aromatic carbocycles. The van der Waals surface area contributed by atoms with E-state index in [1.807, 2.05) is 36.7 Å². The molecule has 4 heteroatoms. The normalized spacial score (nSPS) is 18.4. The van der Waals surface area contributed by atoms with Gasteiger partial charge in [-0.1, -0.05) is 70.9 Å². The molecule has 0 aliphatic heterocycles. The monoisotopic (exact) mass is 436 g/mol. The summed E-state index contributed by atoms with van der Waals surface area (Å²) in [6, 6.07) is 7.49. The predicted octanol–water partition coefficient (Wildman–Crippen LogP) is 7.56. The molecule has 0 atom stereocenters. The summed E-state index contributed by atoms with van der Waals surface area (Å²) in [4.78, 5) is 21.6. The summed E-state index contributed by atoms with van der Waals surface area (Å²) in [6.45, 7) is 4.48. The van der Waals surface area contributed by atoms with Gasteiger partial charge in [0.2, 0.25) is 0 Å². The molecule has 0 unspecified atom stereocenters. The van der Waals surface area contributed by atoms with Gasteiger partial charge in [-0.2, -0.15) is 0 Å². The van der Waals surface area contributed by atoms with Gasteiger partial charge in [-0.25, -0.2) is 14.8 Å². The Hall–Kier alpha value is -2.23. The largest absolute Gasteiger partial charge is 0.459 e. The molecule has 0 spiro atoms. The highest BCUT2D eigenvalue weighted by atomic mass is 16.5. The topological polar surface area (TPSA) is 52.1 Å². The molecular formula is C28H40N2O2. The molecule has 1 aromatic heterocycles. The Balaban J connectivity index is 1.45. The van der Waals surface area contributed by atoms with Gasteiger partial charge in [0, 0.05) is 18.0 Å². The minimum atomic E-state index is -0.215. The standard InChI is InChI=1S/C28H40N2O2/c1-3-5-7-8-9-11-23-20-29-27(30-21-23)24-14-16-25(17-15-24)28(31)32-26-18-12-22(13-19-26)10-6-4-2/h14-17,20-22,26H,3-13,18-19H2,1-2H3. The highest BCUT2D eigenvalue weighted by molar-refractivity contribution is 5.90. The van der Waals surface area contributed by atoms with Crippen molar-refractivity contribution in [3.05, 3.63) is 47.8 Å². The third-order valence-corrected chi connectivity index (χ3v) is 6.69. The van der Waals surface area contributed by atoms with Crippen molar-refractivity contribution >= 4 is 5.97 Å². The number of ether oxygens (including phenoxy) is 1. The summed E-state index contributed by atoms with van der Waals surface area (Å²) in [7, 11) is 0. The van der Waals surface area contributed by atoms with E-state index in [4.69, 9.17) is 4.74 Å². The molecular weight excluding hydrogens is 396 g/mol. The van der Waals surface area contributed by atoms with E-state index in [0.29, 0.717) is 11.4 Å². The van der Waals surface area contributed by atoms with Crippen molar-refractivity contribution in [2.24, 2.45) is 5.92 Å². The maximum absolute atomic E-state index is 12.6. The summed E-state index contributed by atoms with van der Waals surface area (Å²) < 4.78 is 5.78. The minimum absolute atomic E-state index is 0.0675. The van der Waals surface area contributed by atoms with Crippen LogP contribution in [-0.2, 0) is 11.2 Å². The van der Waals surface area contributed by atoms with Crippen molar-refractivity contribution in [3.8, 4) is 11.4 Å². The fourth-order valence-electron chi connectivity index (χ4n) is 4.57. The Morgan fingerprint density at radius 2 is 1.53 bits per heavy atom. The number of rotatable bonds is 12. The van der Waals surface area contributed by atoms with Crippen LogP contribution < -0.4 is 0 Å². The van der Waals surface area contributed by atoms with Crippen molar-refractivity contribution in [2.75, 3.05) is 0 Å². The molecule has 1 aliphatic carbocycles. The Kier molecular flexibility index (Phi) is 10.2. The molecule has 1 aliphatic rings. The molecule has 0 bridgehead atoms. The fraction of sp³-hybridized carbons (Fsp3) is 0.607. The van der Waals surface area contributed by atoms with Crippen molar-refractivity contribution in [3.63, 3.8) is 0 Å². The second-order valence-corrected chi connectivity index (χ2v) is 9.35. The lowest BCUT2D eigenvalue weighted by Crippen LogP contribution is -2.24. The highest BCUT2D eigenvalue weighted by Gasteiger charge is 2.24. The Labute approximate surface area is 194 Å². The van der Waals surface area contributed by atoms with Crippen LogP contribution in [0, 0.1) is 5.92 Å². The maximum atomic E-state index is 12.6. The molecule has 32 heavy (non-hydrogen) atoms. The van der Waals surface area contributed by atoms with Gasteiger partial charge in [-0.3, -0.25) is 0 Å². The number of carbonyl (C=O) groups excluding carboxylic acids is 1. The Morgan fingerprint density at radius 3 is 2.19 bits per heavy atom. The van der Waals surface area contributed by atoms with E-state index in [9.17, 15) is 4.79 Å². The zero-order valence-electron chi connectivity index (χ0n) is 20.0. The first-order chi connectivity index (χ1) is 15.7. The number of hydrogen-bond donors (Lipinski definition) is 0. The summed E-state index contributed by atoms with van der Waals surface area (Å²) in [5, 5.41) is 0. The van der Waals surface area contributed by atoms with Gasteiger partial charge in [0.25, 0.3) is 0 Å². The van der Waals surface area contributed by atoms with Gasteiger partial charge >= 0.3 is 5.97 Å². The van der Waals surface area contributed by atoms with Gasteiger partial charge in [-0.15, -0.1) is 0 Å². The lowest BCUT2D eigenvalue weighted by atomic mass is 9.84. The summed E-state index contributed by atoms with van der Waals surface area (Å²) in [5.41, 5.74) is 2.72.